The molecule has 0 aliphatic heterocycles. The Morgan fingerprint density at radius 3 is 2.87 bits per heavy atom. The number of nitrogens with one attached hydrogen (secondary N) is 1. The van der Waals surface area contributed by atoms with Gasteiger partial charge >= 0.3 is 0 Å². The molecule has 1 N–H and O–H groups in total. The molecule has 0 saturated carbocycles. The predicted molar refractivity (Wildman–Crippen MR) is 61.8 cm³/mol. The highest BCUT2D eigenvalue weighted by atomic mass is 15.0. The lowest BCUT2D eigenvalue weighted by atomic mass is 10.2. The molecule has 80 valence electrons. The van der Waals surface area contributed by atoms with E-state index in [1.165, 1.54) is 0 Å². The van der Waals surface area contributed by atoms with Crippen LogP contribution in [0.25, 0.3) is 0 Å². The summed E-state index contributed by atoms with van der Waals surface area (Å²) in [6, 6.07) is 2.58. The molecule has 0 bridgehead atoms. The van der Waals surface area contributed by atoms with E-state index in [4.69, 9.17) is 0 Å². The van der Waals surface area contributed by atoms with Crippen molar-refractivity contribution in [1.29, 1.82) is 0 Å². The van der Waals surface area contributed by atoms with E-state index in [2.05, 4.69) is 40.4 Å². The molecule has 2 rings (SSSR count). The van der Waals surface area contributed by atoms with E-state index in [9.17, 15) is 0 Å². The van der Waals surface area contributed by atoms with E-state index in [0.717, 1.165) is 37.2 Å². The topological polar surface area (TPSA) is 37.8 Å². The number of hydrogen-bond acceptors (Lipinski definition) is 3. The lowest BCUT2D eigenvalue weighted by Crippen LogP contribution is -2.16. The van der Waals surface area contributed by atoms with Gasteiger partial charge in [0.25, 0.3) is 0 Å². The van der Waals surface area contributed by atoms with Gasteiger partial charge in [0.15, 0.2) is 0 Å². The third-order valence-electron chi connectivity index (χ3n) is 2.59. The minimum absolute atomic E-state index is 0.523. The molecule has 0 spiro atoms. The zero-order valence-electron chi connectivity index (χ0n) is 9.11. The molecule has 3 nitrogen and oxygen atoms in total. The Labute approximate surface area is 90.6 Å². The summed E-state index contributed by atoms with van der Waals surface area (Å²) in [4.78, 5) is 8.47. The fraction of sp³-hybridized carbons (Fsp3) is 0.500. The van der Waals surface area contributed by atoms with Crippen LogP contribution < -0.4 is 5.32 Å². The van der Waals surface area contributed by atoms with Crippen molar-refractivity contribution >= 4 is 5.82 Å². The first kappa shape index (κ1) is 10.1. The van der Waals surface area contributed by atoms with Crippen LogP contribution in [0, 0.1) is 0 Å². The maximum absolute atomic E-state index is 4.24. The SMILES string of the molecule is CCCc1cc(NC2CC=CC2)ncn1. The summed E-state index contributed by atoms with van der Waals surface area (Å²) in [5, 5.41) is 3.43. The third kappa shape index (κ3) is 2.78. The number of hydrogen-bond donors (Lipinski definition) is 1. The van der Waals surface area contributed by atoms with Crippen LogP contribution in [-0.4, -0.2) is 16.0 Å². The highest BCUT2D eigenvalue weighted by Gasteiger charge is 2.10. The van der Waals surface area contributed by atoms with Crippen LogP contribution in [0.2, 0.25) is 0 Å². The average Bonchev–Trinajstić information content (AvgIpc) is 2.71. The summed E-state index contributed by atoms with van der Waals surface area (Å²) in [7, 11) is 0. The highest BCUT2D eigenvalue weighted by Crippen LogP contribution is 2.15. The molecule has 1 aromatic rings. The van der Waals surface area contributed by atoms with Crippen LogP contribution in [0.5, 0.6) is 0 Å². The molecule has 1 heterocycles. The monoisotopic (exact) mass is 203 g/mol. The molecule has 0 unspecified atom stereocenters. The molecule has 3 heteroatoms. The molecule has 0 radical (unpaired) electrons. The normalized spacial score (nSPS) is 15.8. The van der Waals surface area contributed by atoms with Gasteiger partial charge in [-0.15, -0.1) is 0 Å². The van der Waals surface area contributed by atoms with E-state index >= 15 is 0 Å². The Morgan fingerprint density at radius 2 is 2.13 bits per heavy atom. The molecular weight excluding hydrogens is 186 g/mol. The van der Waals surface area contributed by atoms with E-state index in [0.29, 0.717) is 6.04 Å². The fourth-order valence-corrected chi connectivity index (χ4v) is 1.81. The number of anilines is 1. The van der Waals surface area contributed by atoms with Gasteiger partial charge in [0, 0.05) is 17.8 Å². The molecule has 0 saturated heterocycles. The summed E-state index contributed by atoms with van der Waals surface area (Å²) >= 11 is 0. The van der Waals surface area contributed by atoms with Gasteiger partial charge in [-0.25, -0.2) is 9.97 Å². The summed E-state index contributed by atoms with van der Waals surface area (Å²) in [6.45, 7) is 2.16. The second-order valence-corrected chi connectivity index (χ2v) is 3.93. The standard InChI is InChI=1S/C12H17N3/c1-2-5-11-8-12(14-9-13-11)15-10-6-3-4-7-10/h3-4,8-10H,2,5-7H2,1H3,(H,13,14,15). The largest absolute Gasteiger partial charge is 0.367 e. The lowest BCUT2D eigenvalue weighted by molar-refractivity contribution is 0.776. The maximum atomic E-state index is 4.24. The van der Waals surface area contributed by atoms with Crippen molar-refractivity contribution in [3.8, 4) is 0 Å². The number of aryl methyl sites for hydroxylation is 1. The van der Waals surface area contributed by atoms with Crippen molar-refractivity contribution in [3.05, 3.63) is 30.2 Å². The fourth-order valence-electron chi connectivity index (χ4n) is 1.81. The molecule has 0 aromatic carbocycles. The molecule has 15 heavy (non-hydrogen) atoms. The van der Waals surface area contributed by atoms with Crippen molar-refractivity contribution < 1.29 is 0 Å². The van der Waals surface area contributed by atoms with Gasteiger partial charge in [-0.05, 0) is 19.3 Å². The minimum Gasteiger partial charge on any atom is -0.367 e. The predicted octanol–water partition coefficient (Wildman–Crippen LogP) is 2.56. The van der Waals surface area contributed by atoms with E-state index in [-0.39, 0.29) is 0 Å². The number of aromatic nitrogens is 2. The van der Waals surface area contributed by atoms with Crippen molar-refractivity contribution in [3.63, 3.8) is 0 Å². The van der Waals surface area contributed by atoms with Gasteiger partial charge in [-0.2, -0.15) is 0 Å². The summed E-state index contributed by atoms with van der Waals surface area (Å²) in [6.07, 6.45) is 10.4. The Morgan fingerprint density at radius 1 is 1.33 bits per heavy atom. The molecule has 1 aromatic heterocycles. The minimum atomic E-state index is 0.523. The second kappa shape index (κ2) is 4.91. The van der Waals surface area contributed by atoms with Gasteiger partial charge in [0.1, 0.15) is 12.1 Å². The first-order valence-electron chi connectivity index (χ1n) is 5.61. The summed E-state index contributed by atoms with van der Waals surface area (Å²) in [5.74, 6) is 0.960. The second-order valence-electron chi connectivity index (χ2n) is 3.93. The Balaban J connectivity index is 1.98. The Hall–Kier alpha value is -1.38. The van der Waals surface area contributed by atoms with E-state index in [1.54, 1.807) is 6.33 Å². The zero-order chi connectivity index (χ0) is 10.5. The van der Waals surface area contributed by atoms with Gasteiger partial charge in [0.2, 0.25) is 0 Å². The van der Waals surface area contributed by atoms with Crippen LogP contribution in [0.15, 0.2) is 24.5 Å². The first-order valence-corrected chi connectivity index (χ1v) is 5.61. The van der Waals surface area contributed by atoms with Crippen molar-refractivity contribution in [2.24, 2.45) is 0 Å². The summed E-state index contributed by atoms with van der Waals surface area (Å²) in [5.41, 5.74) is 1.13. The van der Waals surface area contributed by atoms with Crippen LogP contribution in [-0.2, 0) is 6.42 Å². The number of rotatable bonds is 4. The quantitative estimate of drug-likeness (QED) is 0.764. The smallest absolute Gasteiger partial charge is 0.129 e. The molecular formula is C12H17N3. The molecule has 0 atom stereocenters. The third-order valence-corrected chi connectivity index (χ3v) is 2.59. The highest BCUT2D eigenvalue weighted by molar-refractivity contribution is 5.37. The van der Waals surface area contributed by atoms with Crippen molar-refractivity contribution in [2.45, 2.75) is 38.6 Å². The molecule has 0 amide bonds. The van der Waals surface area contributed by atoms with Gasteiger partial charge < -0.3 is 5.32 Å². The van der Waals surface area contributed by atoms with Crippen LogP contribution in [0.1, 0.15) is 31.9 Å². The van der Waals surface area contributed by atoms with Crippen molar-refractivity contribution in [2.75, 3.05) is 5.32 Å². The van der Waals surface area contributed by atoms with Gasteiger partial charge in [-0.3, -0.25) is 0 Å². The van der Waals surface area contributed by atoms with Gasteiger partial charge in [0.05, 0.1) is 0 Å². The molecule has 0 fully saturated rings. The maximum Gasteiger partial charge on any atom is 0.129 e. The van der Waals surface area contributed by atoms with E-state index < -0.39 is 0 Å². The first-order chi connectivity index (χ1) is 7.38. The lowest BCUT2D eigenvalue weighted by Gasteiger charge is -2.12. The zero-order valence-corrected chi connectivity index (χ0v) is 9.11. The average molecular weight is 203 g/mol. The summed E-state index contributed by atoms with van der Waals surface area (Å²) < 4.78 is 0. The Kier molecular flexibility index (Phi) is 3.33. The number of nitrogens with zero attached hydrogens (tertiary/aromatic N) is 2. The molecule has 1 aliphatic carbocycles. The van der Waals surface area contributed by atoms with Crippen LogP contribution in [0.4, 0.5) is 5.82 Å². The molecule has 1 aliphatic rings. The Bertz CT molecular complexity index is 338. The van der Waals surface area contributed by atoms with E-state index in [1.807, 2.05) is 0 Å². The van der Waals surface area contributed by atoms with Crippen molar-refractivity contribution in [1.82, 2.24) is 9.97 Å². The van der Waals surface area contributed by atoms with Crippen LogP contribution in [0.3, 0.4) is 0 Å². The van der Waals surface area contributed by atoms with Crippen LogP contribution >= 0.6 is 0 Å². The van der Waals surface area contributed by atoms with Gasteiger partial charge in [-0.1, -0.05) is 25.5 Å².